The van der Waals surface area contributed by atoms with Crippen molar-refractivity contribution >= 4 is 5.96 Å². The summed E-state index contributed by atoms with van der Waals surface area (Å²) in [6, 6.07) is 0. The summed E-state index contributed by atoms with van der Waals surface area (Å²) in [5.41, 5.74) is 3.85. The zero-order valence-electron chi connectivity index (χ0n) is 16.0. The maximum Gasteiger partial charge on any atom is 0.193 e. The summed E-state index contributed by atoms with van der Waals surface area (Å²) in [7, 11) is 3.58. The highest BCUT2D eigenvalue weighted by molar-refractivity contribution is 5.80. The van der Waals surface area contributed by atoms with Crippen molar-refractivity contribution in [2.45, 2.75) is 39.8 Å². The molecule has 1 aromatic heterocycles. The third kappa shape index (κ3) is 3.82. The minimum Gasteiger partial charge on any atom is -0.383 e. The van der Waals surface area contributed by atoms with Crippen LogP contribution in [-0.4, -0.2) is 67.7 Å². The molecule has 1 N–H and O–H groups in total. The standard InChI is InChI=1S/C18H31N5O2/c1-14-16(15(2)23(21-14)8-10-24-4)11-20-17(19-3)22-7-5-18(12-22)6-9-25-13-18/h5-13H2,1-4H3,(H,19,20). The Kier molecular flexibility index (Phi) is 5.64. The number of nitrogens with one attached hydrogen (secondary N) is 1. The molecule has 25 heavy (non-hydrogen) atoms. The van der Waals surface area contributed by atoms with E-state index in [1.807, 2.05) is 11.7 Å². The predicted molar refractivity (Wildman–Crippen MR) is 97.8 cm³/mol. The second-order valence-electron chi connectivity index (χ2n) is 7.24. The molecule has 0 saturated carbocycles. The molecule has 0 aromatic carbocycles. The van der Waals surface area contributed by atoms with Gasteiger partial charge in [-0.1, -0.05) is 0 Å². The number of nitrogens with zero attached hydrogens (tertiary/aromatic N) is 4. The van der Waals surface area contributed by atoms with E-state index in [0.717, 1.165) is 51.0 Å². The molecule has 7 nitrogen and oxygen atoms in total. The summed E-state index contributed by atoms with van der Waals surface area (Å²) in [5.74, 6) is 0.979. The molecule has 2 fully saturated rings. The second-order valence-corrected chi connectivity index (χ2v) is 7.24. The van der Waals surface area contributed by atoms with Gasteiger partial charge in [-0.3, -0.25) is 9.67 Å². The topological polar surface area (TPSA) is 63.9 Å². The summed E-state index contributed by atoms with van der Waals surface area (Å²) < 4.78 is 12.8. The highest BCUT2D eigenvalue weighted by atomic mass is 16.5. The van der Waals surface area contributed by atoms with Gasteiger partial charge in [0.05, 0.1) is 25.5 Å². The lowest BCUT2D eigenvalue weighted by Crippen LogP contribution is -2.41. The highest BCUT2D eigenvalue weighted by Crippen LogP contribution is 2.38. The second kappa shape index (κ2) is 7.74. The van der Waals surface area contributed by atoms with Crippen molar-refractivity contribution in [3.63, 3.8) is 0 Å². The van der Waals surface area contributed by atoms with Gasteiger partial charge in [-0.25, -0.2) is 0 Å². The fourth-order valence-corrected chi connectivity index (χ4v) is 3.97. The Balaban J connectivity index is 1.61. The zero-order chi connectivity index (χ0) is 17.9. The Morgan fingerprint density at radius 1 is 1.40 bits per heavy atom. The van der Waals surface area contributed by atoms with Crippen LogP contribution in [0.2, 0.25) is 0 Å². The molecular weight excluding hydrogens is 318 g/mol. The van der Waals surface area contributed by atoms with Gasteiger partial charge in [-0.2, -0.15) is 5.10 Å². The van der Waals surface area contributed by atoms with Crippen molar-refractivity contribution in [1.82, 2.24) is 20.0 Å². The molecule has 2 saturated heterocycles. The molecular formula is C18H31N5O2. The first-order valence-electron chi connectivity index (χ1n) is 9.14. The molecule has 0 aliphatic carbocycles. The molecule has 1 atom stereocenters. The minimum atomic E-state index is 0.342. The van der Waals surface area contributed by atoms with Gasteiger partial charge in [0.1, 0.15) is 0 Å². The van der Waals surface area contributed by atoms with E-state index in [9.17, 15) is 0 Å². The average Bonchev–Trinajstić information content (AvgIpc) is 3.30. The van der Waals surface area contributed by atoms with E-state index in [-0.39, 0.29) is 0 Å². The first kappa shape index (κ1) is 18.2. The van der Waals surface area contributed by atoms with Gasteiger partial charge in [0.2, 0.25) is 0 Å². The van der Waals surface area contributed by atoms with Crippen molar-refractivity contribution in [3.8, 4) is 0 Å². The number of hydrogen-bond acceptors (Lipinski definition) is 4. The van der Waals surface area contributed by atoms with Crippen LogP contribution < -0.4 is 5.32 Å². The van der Waals surface area contributed by atoms with Crippen LogP contribution in [0.4, 0.5) is 0 Å². The van der Waals surface area contributed by atoms with Crippen molar-refractivity contribution in [1.29, 1.82) is 0 Å². The first-order chi connectivity index (χ1) is 12.1. The van der Waals surface area contributed by atoms with Crippen LogP contribution in [0, 0.1) is 19.3 Å². The van der Waals surface area contributed by atoms with E-state index in [4.69, 9.17) is 9.47 Å². The Morgan fingerprint density at radius 2 is 2.24 bits per heavy atom. The molecule has 1 spiro atoms. The van der Waals surface area contributed by atoms with E-state index < -0.39 is 0 Å². The molecule has 2 aliphatic rings. The minimum absolute atomic E-state index is 0.342. The van der Waals surface area contributed by atoms with E-state index in [0.29, 0.717) is 12.0 Å². The summed E-state index contributed by atoms with van der Waals surface area (Å²) in [6.07, 6.45) is 2.37. The number of aryl methyl sites for hydroxylation is 1. The van der Waals surface area contributed by atoms with Crippen LogP contribution in [0.5, 0.6) is 0 Å². The fraction of sp³-hybridized carbons (Fsp3) is 0.778. The summed E-state index contributed by atoms with van der Waals surface area (Å²) in [4.78, 5) is 6.87. The quantitative estimate of drug-likeness (QED) is 0.642. The van der Waals surface area contributed by atoms with Crippen LogP contribution in [0.25, 0.3) is 0 Å². The Bertz CT molecular complexity index is 619. The normalized spacial score (nSPS) is 23.8. The molecule has 3 heterocycles. The first-order valence-corrected chi connectivity index (χ1v) is 9.14. The number of likely N-dealkylation sites (tertiary alicyclic amines) is 1. The van der Waals surface area contributed by atoms with E-state index >= 15 is 0 Å². The zero-order valence-corrected chi connectivity index (χ0v) is 16.0. The monoisotopic (exact) mass is 349 g/mol. The summed E-state index contributed by atoms with van der Waals surface area (Å²) in [5, 5.41) is 8.17. The molecule has 1 aromatic rings. The van der Waals surface area contributed by atoms with Crippen molar-refractivity contribution in [2.24, 2.45) is 10.4 Å². The number of ether oxygens (including phenoxy) is 2. The van der Waals surface area contributed by atoms with E-state index in [1.165, 1.54) is 24.1 Å². The predicted octanol–water partition coefficient (Wildman–Crippen LogP) is 1.33. The van der Waals surface area contributed by atoms with Crippen LogP contribution in [0.3, 0.4) is 0 Å². The maximum absolute atomic E-state index is 5.63. The molecule has 2 aliphatic heterocycles. The third-order valence-electron chi connectivity index (χ3n) is 5.60. The molecule has 3 rings (SSSR count). The van der Waals surface area contributed by atoms with Gasteiger partial charge >= 0.3 is 0 Å². The van der Waals surface area contributed by atoms with Gasteiger partial charge in [0.15, 0.2) is 5.96 Å². The fourth-order valence-electron chi connectivity index (χ4n) is 3.97. The summed E-state index contributed by atoms with van der Waals surface area (Å²) >= 11 is 0. The Labute approximate surface area is 150 Å². The van der Waals surface area contributed by atoms with Gasteiger partial charge in [-0.15, -0.1) is 0 Å². The van der Waals surface area contributed by atoms with Crippen LogP contribution in [-0.2, 0) is 22.6 Å². The molecule has 1 unspecified atom stereocenters. The number of aromatic nitrogens is 2. The number of rotatable bonds is 5. The Morgan fingerprint density at radius 3 is 2.92 bits per heavy atom. The van der Waals surface area contributed by atoms with E-state index in [2.05, 4.69) is 34.2 Å². The number of methoxy groups -OCH3 is 1. The summed E-state index contributed by atoms with van der Waals surface area (Å²) in [6.45, 7) is 10.3. The lowest BCUT2D eigenvalue weighted by molar-refractivity contribution is 0.156. The van der Waals surface area contributed by atoms with Gasteiger partial charge in [-0.05, 0) is 26.7 Å². The lowest BCUT2D eigenvalue weighted by Gasteiger charge is -2.25. The van der Waals surface area contributed by atoms with E-state index in [1.54, 1.807) is 7.11 Å². The third-order valence-corrected chi connectivity index (χ3v) is 5.60. The van der Waals surface area contributed by atoms with Crippen molar-refractivity contribution in [3.05, 3.63) is 17.0 Å². The maximum atomic E-state index is 5.63. The van der Waals surface area contributed by atoms with Crippen LogP contribution in [0.1, 0.15) is 29.8 Å². The molecule has 0 bridgehead atoms. The molecule has 0 radical (unpaired) electrons. The largest absolute Gasteiger partial charge is 0.383 e. The SMILES string of the molecule is CN=C(NCc1c(C)nn(CCOC)c1C)N1CCC2(CCOC2)C1. The smallest absolute Gasteiger partial charge is 0.193 e. The van der Waals surface area contributed by atoms with Crippen molar-refractivity contribution in [2.75, 3.05) is 47.1 Å². The van der Waals surface area contributed by atoms with Crippen molar-refractivity contribution < 1.29 is 9.47 Å². The number of guanidine groups is 1. The molecule has 140 valence electrons. The molecule has 7 heteroatoms. The number of hydrogen-bond donors (Lipinski definition) is 1. The number of aliphatic imine (C=N–C) groups is 1. The lowest BCUT2D eigenvalue weighted by atomic mass is 9.87. The van der Waals surface area contributed by atoms with Gasteiger partial charge in [0, 0.05) is 57.1 Å². The average molecular weight is 349 g/mol. The van der Waals surface area contributed by atoms with Crippen LogP contribution in [0.15, 0.2) is 4.99 Å². The van der Waals surface area contributed by atoms with Gasteiger partial charge < -0.3 is 19.7 Å². The highest BCUT2D eigenvalue weighted by Gasteiger charge is 2.42. The van der Waals surface area contributed by atoms with Crippen LogP contribution >= 0.6 is 0 Å². The Hall–Kier alpha value is -1.60. The molecule has 0 amide bonds. The van der Waals surface area contributed by atoms with Gasteiger partial charge in [0.25, 0.3) is 0 Å².